The summed E-state index contributed by atoms with van der Waals surface area (Å²) in [6.45, 7) is 0.390. The van der Waals surface area contributed by atoms with Gasteiger partial charge in [0.05, 0.1) is 5.92 Å². The number of amides is 3. The van der Waals surface area contributed by atoms with Crippen LogP contribution in [0.5, 0.6) is 0 Å². The number of nitrogens with zero attached hydrogens (tertiary/aromatic N) is 2. The topological polar surface area (TPSA) is 69.7 Å². The van der Waals surface area contributed by atoms with Crippen molar-refractivity contribution in [2.45, 2.75) is 25.7 Å². The maximum absolute atomic E-state index is 12.7. The minimum atomic E-state index is -0.390. The molecule has 0 saturated carbocycles. The molecule has 1 atom stereocenters. The lowest BCUT2D eigenvalue weighted by atomic mass is 10.1. The lowest BCUT2D eigenvalue weighted by Gasteiger charge is -2.18. The molecule has 1 fully saturated rings. The van der Waals surface area contributed by atoms with Gasteiger partial charge in [-0.25, -0.2) is 0 Å². The van der Waals surface area contributed by atoms with Crippen molar-refractivity contribution in [3.05, 3.63) is 59.2 Å². The molecule has 1 saturated heterocycles. The largest absolute Gasteiger partial charge is 0.345 e. The van der Waals surface area contributed by atoms with Gasteiger partial charge < -0.3 is 15.1 Å². The number of fused-ring (bicyclic) bond motifs is 1. The average Bonchev–Trinajstić information content (AvgIpc) is 3.33. The van der Waals surface area contributed by atoms with Crippen LogP contribution in [0.15, 0.2) is 42.5 Å². The Hall–Kier alpha value is -3.15. The number of carbonyl (C=O) groups is 3. The summed E-state index contributed by atoms with van der Waals surface area (Å²) < 4.78 is 0. The van der Waals surface area contributed by atoms with Crippen LogP contribution in [-0.2, 0) is 22.4 Å². The fraction of sp³-hybridized carbons (Fsp3) is 0.348. The van der Waals surface area contributed by atoms with Crippen LogP contribution < -0.4 is 10.2 Å². The number of aryl methyl sites for hydroxylation is 2. The minimum absolute atomic E-state index is 0.0185. The minimum Gasteiger partial charge on any atom is -0.345 e. The Morgan fingerprint density at radius 1 is 1.03 bits per heavy atom. The van der Waals surface area contributed by atoms with Crippen LogP contribution in [0.4, 0.5) is 11.4 Å². The van der Waals surface area contributed by atoms with Gasteiger partial charge in [0, 0.05) is 44.0 Å². The zero-order valence-corrected chi connectivity index (χ0v) is 16.8. The molecule has 1 aliphatic heterocycles. The highest BCUT2D eigenvalue weighted by Gasteiger charge is 2.35. The molecule has 2 aromatic carbocycles. The summed E-state index contributed by atoms with van der Waals surface area (Å²) in [6, 6.07) is 13.0. The Bertz CT molecular complexity index is 966. The van der Waals surface area contributed by atoms with E-state index in [-0.39, 0.29) is 30.1 Å². The van der Waals surface area contributed by atoms with Crippen molar-refractivity contribution < 1.29 is 14.4 Å². The van der Waals surface area contributed by atoms with Crippen molar-refractivity contribution in [3.63, 3.8) is 0 Å². The van der Waals surface area contributed by atoms with E-state index < -0.39 is 0 Å². The van der Waals surface area contributed by atoms with E-state index in [2.05, 4.69) is 17.4 Å². The zero-order valence-electron chi connectivity index (χ0n) is 16.8. The highest BCUT2D eigenvalue weighted by atomic mass is 16.2. The summed E-state index contributed by atoms with van der Waals surface area (Å²) in [7, 11) is 3.39. The van der Waals surface area contributed by atoms with E-state index in [1.165, 1.54) is 16.0 Å². The molecule has 3 amide bonds. The number of carbonyl (C=O) groups excluding carboxylic acids is 3. The van der Waals surface area contributed by atoms with Gasteiger partial charge in [-0.3, -0.25) is 14.4 Å². The summed E-state index contributed by atoms with van der Waals surface area (Å²) in [5, 5.41) is 2.87. The quantitative estimate of drug-likeness (QED) is 0.871. The second kappa shape index (κ2) is 7.70. The average molecular weight is 391 g/mol. The highest BCUT2D eigenvalue weighted by molar-refractivity contribution is 6.03. The van der Waals surface area contributed by atoms with E-state index in [1.807, 2.05) is 6.07 Å². The summed E-state index contributed by atoms with van der Waals surface area (Å²) in [6.07, 6.45) is 3.53. The fourth-order valence-electron chi connectivity index (χ4n) is 4.06. The first-order chi connectivity index (χ1) is 13.9. The van der Waals surface area contributed by atoms with E-state index in [4.69, 9.17) is 0 Å². The second-order valence-corrected chi connectivity index (χ2v) is 7.98. The first-order valence-electron chi connectivity index (χ1n) is 9.97. The van der Waals surface area contributed by atoms with Crippen LogP contribution in [0.25, 0.3) is 0 Å². The van der Waals surface area contributed by atoms with Gasteiger partial charge in [0.2, 0.25) is 11.8 Å². The lowest BCUT2D eigenvalue weighted by molar-refractivity contribution is -0.122. The predicted molar refractivity (Wildman–Crippen MR) is 112 cm³/mol. The maximum Gasteiger partial charge on any atom is 0.253 e. The van der Waals surface area contributed by atoms with Gasteiger partial charge in [0.1, 0.15) is 0 Å². The Morgan fingerprint density at radius 2 is 1.76 bits per heavy atom. The predicted octanol–water partition coefficient (Wildman–Crippen LogP) is 2.87. The van der Waals surface area contributed by atoms with Gasteiger partial charge in [-0.2, -0.15) is 0 Å². The normalized spacial score (nSPS) is 17.9. The van der Waals surface area contributed by atoms with Crippen LogP contribution in [-0.4, -0.2) is 43.3 Å². The summed E-state index contributed by atoms with van der Waals surface area (Å²) in [5.41, 5.74) is 4.75. The molecule has 1 N–H and O–H groups in total. The molecule has 2 aromatic rings. The second-order valence-electron chi connectivity index (χ2n) is 7.98. The summed E-state index contributed by atoms with van der Waals surface area (Å²) in [4.78, 5) is 40.4. The molecule has 1 aliphatic carbocycles. The van der Waals surface area contributed by atoms with Crippen LogP contribution >= 0.6 is 0 Å². The van der Waals surface area contributed by atoms with E-state index in [1.54, 1.807) is 43.3 Å². The molecule has 1 heterocycles. The Morgan fingerprint density at radius 3 is 2.48 bits per heavy atom. The van der Waals surface area contributed by atoms with Crippen LogP contribution in [0.2, 0.25) is 0 Å². The molecule has 4 rings (SSSR count). The standard InChI is InChI=1S/C23H25N3O3/c1-25(2)23(29)16-6-9-19(10-7-16)24-22(28)18-13-21(27)26(14-18)20-11-8-15-4-3-5-17(15)12-20/h6-12,18H,3-5,13-14H2,1-2H3,(H,24,28)/t18-/m0/s1. The first-order valence-corrected chi connectivity index (χ1v) is 9.97. The van der Waals surface area contributed by atoms with Crippen molar-refractivity contribution in [1.29, 1.82) is 0 Å². The smallest absolute Gasteiger partial charge is 0.253 e. The van der Waals surface area contributed by atoms with Gasteiger partial charge in [-0.15, -0.1) is 0 Å². The molecular weight excluding hydrogens is 366 g/mol. The number of benzene rings is 2. The first kappa shape index (κ1) is 19.2. The van der Waals surface area contributed by atoms with Gasteiger partial charge in [0.25, 0.3) is 5.91 Å². The lowest BCUT2D eigenvalue weighted by Crippen LogP contribution is -2.28. The molecule has 6 heteroatoms. The number of hydrogen-bond donors (Lipinski definition) is 1. The van der Waals surface area contributed by atoms with E-state index >= 15 is 0 Å². The van der Waals surface area contributed by atoms with Crippen LogP contribution in [0.1, 0.15) is 34.3 Å². The summed E-state index contributed by atoms with van der Waals surface area (Å²) in [5.74, 6) is -0.670. The molecule has 150 valence electrons. The van der Waals surface area contributed by atoms with E-state index in [0.717, 1.165) is 24.9 Å². The van der Waals surface area contributed by atoms with Crippen LogP contribution in [0, 0.1) is 5.92 Å². The van der Waals surface area contributed by atoms with E-state index in [0.29, 0.717) is 17.8 Å². The molecule has 6 nitrogen and oxygen atoms in total. The third-order valence-corrected chi connectivity index (χ3v) is 5.70. The van der Waals surface area contributed by atoms with E-state index in [9.17, 15) is 14.4 Å². The third kappa shape index (κ3) is 3.88. The SMILES string of the molecule is CN(C)C(=O)c1ccc(NC(=O)[C@H]2CC(=O)N(c3ccc4c(c3)CCC4)C2)cc1. The van der Waals surface area contributed by atoms with Crippen molar-refractivity contribution >= 4 is 29.1 Å². The monoisotopic (exact) mass is 391 g/mol. The fourth-order valence-corrected chi connectivity index (χ4v) is 4.06. The number of nitrogens with one attached hydrogen (secondary N) is 1. The summed E-state index contributed by atoms with van der Waals surface area (Å²) >= 11 is 0. The number of hydrogen-bond acceptors (Lipinski definition) is 3. The highest BCUT2D eigenvalue weighted by Crippen LogP contribution is 2.31. The van der Waals surface area contributed by atoms with Crippen LogP contribution in [0.3, 0.4) is 0 Å². The molecule has 0 radical (unpaired) electrons. The molecule has 0 bridgehead atoms. The molecule has 0 unspecified atom stereocenters. The van der Waals surface area contributed by atoms with Gasteiger partial charge in [-0.05, 0) is 66.8 Å². The maximum atomic E-state index is 12.7. The van der Waals surface area contributed by atoms with Crippen molar-refractivity contribution in [3.8, 4) is 0 Å². The molecule has 0 spiro atoms. The zero-order chi connectivity index (χ0) is 20.5. The van der Waals surface area contributed by atoms with Crippen molar-refractivity contribution in [1.82, 2.24) is 4.90 Å². The molecule has 29 heavy (non-hydrogen) atoms. The van der Waals surface area contributed by atoms with Gasteiger partial charge >= 0.3 is 0 Å². The van der Waals surface area contributed by atoms with Crippen molar-refractivity contribution in [2.75, 3.05) is 30.9 Å². The van der Waals surface area contributed by atoms with Gasteiger partial charge in [-0.1, -0.05) is 6.07 Å². The molecule has 2 aliphatic rings. The number of rotatable bonds is 4. The number of anilines is 2. The third-order valence-electron chi connectivity index (χ3n) is 5.70. The molecular formula is C23H25N3O3. The Labute approximate surface area is 170 Å². The van der Waals surface area contributed by atoms with Gasteiger partial charge in [0.15, 0.2) is 0 Å². The van der Waals surface area contributed by atoms with Crippen molar-refractivity contribution in [2.24, 2.45) is 5.92 Å². The Kier molecular flexibility index (Phi) is 5.09. The Balaban J connectivity index is 1.41. The molecule has 0 aromatic heterocycles.